The number of nitrogens with one attached hydrogen (secondary N) is 1. The molecule has 7 nitrogen and oxygen atoms in total. The van der Waals surface area contributed by atoms with E-state index in [1.54, 1.807) is 0 Å². The summed E-state index contributed by atoms with van der Waals surface area (Å²) < 4.78 is 32.4. The fraction of sp³-hybridized carbons (Fsp3) is 0.579. The van der Waals surface area contributed by atoms with Gasteiger partial charge in [0.15, 0.2) is 6.10 Å². The van der Waals surface area contributed by atoms with Gasteiger partial charge < -0.3 is 10.1 Å². The number of benzene rings is 1. The molecule has 1 amide bonds. The highest BCUT2D eigenvalue weighted by Gasteiger charge is 2.26. The lowest BCUT2D eigenvalue weighted by Crippen LogP contribution is -2.36. The van der Waals surface area contributed by atoms with Crippen molar-refractivity contribution in [2.75, 3.05) is 19.6 Å². The van der Waals surface area contributed by atoms with Crippen LogP contribution in [0.25, 0.3) is 0 Å². The molecule has 27 heavy (non-hydrogen) atoms. The maximum Gasteiger partial charge on any atom is 0.338 e. The van der Waals surface area contributed by atoms with Crippen LogP contribution in [0, 0.1) is 0 Å². The zero-order valence-corrected chi connectivity index (χ0v) is 16.8. The molecule has 1 saturated heterocycles. The molecule has 1 heterocycles. The molecule has 0 aliphatic carbocycles. The molecule has 0 saturated carbocycles. The van der Waals surface area contributed by atoms with Gasteiger partial charge in [-0.25, -0.2) is 13.2 Å². The van der Waals surface area contributed by atoms with E-state index in [0.717, 1.165) is 32.1 Å². The number of carbonyl (C=O) groups is 2. The van der Waals surface area contributed by atoms with E-state index in [0.29, 0.717) is 19.6 Å². The average Bonchev–Trinajstić information content (AvgIpc) is 2.96. The normalized spacial score (nSPS) is 17.0. The van der Waals surface area contributed by atoms with Crippen molar-refractivity contribution in [1.29, 1.82) is 0 Å². The summed E-state index contributed by atoms with van der Waals surface area (Å²) in [6.45, 7) is 4.90. The molecule has 1 aliphatic rings. The van der Waals surface area contributed by atoms with Crippen LogP contribution in [0.15, 0.2) is 29.2 Å². The number of hydrogen-bond acceptors (Lipinski definition) is 5. The summed E-state index contributed by atoms with van der Waals surface area (Å²) in [6.07, 6.45) is 3.56. The van der Waals surface area contributed by atoms with Crippen molar-refractivity contribution in [3.8, 4) is 0 Å². The molecule has 0 aromatic heterocycles. The second-order valence-corrected chi connectivity index (χ2v) is 8.62. The first-order chi connectivity index (χ1) is 12.9. The predicted octanol–water partition coefficient (Wildman–Crippen LogP) is 2.32. The van der Waals surface area contributed by atoms with E-state index in [9.17, 15) is 18.0 Å². The molecule has 1 aliphatic heterocycles. The van der Waals surface area contributed by atoms with Crippen LogP contribution in [0.1, 0.15) is 56.3 Å². The van der Waals surface area contributed by atoms with Crippen LogP contribution in [-0.4, -0.2) is 50.3 Å². The summed E-state index contributed by atoms with van der Waals surface area (Å²) in [7, 11) is -3.65. The number of carbonyl (C=O) groups excluding carboxylic acids is 2. The third-order valence-electron chi connectivity index (χ3n) is 4.47. The van der Waals surface area contributed by atoms with Gasteiger partial charge in [-0.2, -0.15) is 4.31 Å². The molecule has 150 valence electrons. The van der Waals surface area contributed by atoms with Gasteiger partial charge in [0.05, 0.1) is 10.5 Å². The van der Waals surface area contributed by atoms with Gasteiger partial charge in [0.25, 0.3) is 5.91 Å². The molecule has 2 rings (SSSR count). The van der Waals surface area contributed by atoms with Gasteiger partial charge in [0.1, 0.15) is 0 Å². The van der Waals surface area contributed by atoms with Crippen LogP contribution in [-0.2, 0) is 19.6 Å². The molecular weight excluding hydrogens is 368 g/mol. The minimum absolute atomic E-state index is 0.0712. The van der Waals surface area contributed by atoms with Crippen molar-refractivity contribution in [3.05, 3.63) is 29.8 Å². The standard InChI is InChI=1S/C19H28N2O5S/c1-3-11-20-18(22)15(2)26-19(23)16-9-8-10-17(14-16)27(24,25)21-12-6-4-5-7-13-21/h8-10,14-15H,3-7,11-13H2,1-2H3,(H,20,22)/t15-/m1/s1. The number of amides is 1. The van der Waals surface area contributed by atoms with Gasteiger partial charge in [0, 0.05) is 19.6 Å². The van der Waals surface area contributed by atoms with Gasteiger partial charge in [-0.1, -0.05) is 25.8 Å². The second-order valence-electron chi connectivity index (χ2n) is 6.68. The van der Waals surface area contributed by atoms with Crippen molar-refractivity contribution in [1.82, 2.24) is 9.62 Å². The fourth-order valence-corrected chi connectivity index (χ4v) is 4.45. The minimum Gasteiger partial charge on any atom is -0.449 e. The van der Waals surface area contributed by atoms with Crippen molar-refractivity contribution >= 4 is 21.9 Å². The average molecular weight is 397 g/mol. The van der Waals surface area contributed by atoms with Crippen LogP contribution in [0.3, 0.4) is 0 Å². The van der Waals surface area contributed by atoms with E-state index >= 15 is 0 Å². The summed E-state index contributed by atoms with van der Waals surface area (Å²) in [4.78, 5) is 24.2. The molecule has 1 aromatic rings. The summed E-state index contributed by atoms with van der Waals surface area (Å²) in [6, 6.07) is 5.80. The first-order valence-corrected chi connectivity index (χ1v) is 10.9. The summed E-state index contributed by atoms with van der Waals surface area (Å²) >= 11 is 0. The Hall–Kier alpha value is -1.93. The molecule has 0 spiro atoms. The maximum absolute atomic E-state index is 12.9. The lowest BCUT2D eigenvalue weighted by molar-refractivity contribution is -0.129. The molecule has 0 unspecified atom stereocenters. The second kappa shape index (κ2) is 9.85. The first kappa shape index (κ1) is 21.4. The number of ether oxygens (including phenoxy) is 1. The third-order valence-corrected chi connectivity index (χ3v) is 6.37. The molecule has 8 heteroatoms. The van der Waals surface area contributed by atoms with Crippen LogP contribution in [0.2, 0.25) is 0 Å². The minimum atomic E-state index is -3.65. The summed E-state index contributed by atoms with van der Waals surface area (Å²) in [5.41, 5.74) is 0.112. The van der Waals surface area contributed by atoms with Crippen LogP contribution >= 0.6 is 0 Å². The van der Waals surface area contributed by atoms with Crippen LogP contribution < -0.4 is 5.32 Å². The molecule has 1 N–H and O–H groups in total. The van der Waals surface area contributed by atoms with Gasteiger partial charge in [-0.15, -0.1) is 0 Å². The first-order valence-electron chi connectivity index (χ1n) is 9.45. The van der Waals surface area contributed by atoms with Gasteiger partial charge in [-0.3, -0.25) is 4.79 Å². The lowest BCUT2D eigenvalue weighted by atomic mass is 10.2. The Morgan fingerprint density at radius 3 is 2.48 bits per heavy atom. The number of nitrogens with zero attached hydrogens (tertiary/aromatic N) is 1. The van der Waals surface area contributed by atoms with Crippen molar-refractivity contribution in [2.45, 2.75) is 57.0 Å². The van der Waals surface area contributed by atoms with E-state index in [2.05, 4.69) is 5.32 Å². The van der Waals surface area contributed by atoms with Gasteiger partial charge in [0.2, 0.25) is 10.0 Å². The van der Waals surface area contributed by atoms with E-state index in [4.69, 9.17) is 4.74 Å². The Kier molecular flexibility index (Phi) is 7.79. The Morgan fingerprint density at radius 2 is 1.85 bits per heavy atom. The SMILES string of the molecule is CCCNC(=O)[C@@H](C)OC(=O)c1cccc(S(=O)(=O)N2CCCCCC2)c1. The Morgan fingerprint density at radius 1 is 1.19 bits per heavy atom. The monoisotopic (exact) mass is 396 g/mol. The Balaban J connectivity index is 2.11. The van der Waals surface area contributed by atoms with Crippen molar-refractivity contribution in [2.24, 2.45) is 0 Å². The third kappa shape index (κ3) is 5.77. The molecule has 1 aromatic carbocycles. The lowest BCUT2D eigenvalue weighted by Gasteiger charge is -2.20. The van der Waals surface area contributed by atoms with Crippen molar-refractivity contribution in [3.63, 3.8) is 0 Å². The zero-order chi connectivity index (χ0) is 19.9. The maximum atomic E-state index is 12.9. The van der Waals surface area contributed by atoms with E-state index < -0.39 is 22.1 Å². The predicted molar refractivity (Wildman–Crippen MR) is 102 cm³/mol. The zero-order valence-electron chi connectivity index (χ0n) is 15.9. The summed E-state index contributed by atoms with van der Waals surface area (Å²) in [5, 5.41) is 2.65. The molecule has 1 atom stereocenters. The highest BCUT2D eigenvalue weighted by Crippen LogP contribution is 2.21. The number of esters is 1. The van der Waals surface area contributed by atoms with E-state index in [-0.39, 0.29) is 16.4 Å². The van der Waals surface area contributed by atoms with Crippen LogP contribution in [0.5, 0.6) is 0 Å². The molecule has 0 bridgehead atoms. The Labute approximate surface area is 161 Å². The van der Waals surface area contributed by atoms with Crippen LogP contribution in [0.4, 0.5) is 0 Å². The summed E-state index contributed by atoms with van der Waals surface area (Å²) in [5.74, 6) is -1.10. The van der Waals surface area contributed by atoms with Crippen molar-refractivity contribution < 1.29 is 22.7 Å². The molecule has 0 radical (unpaired) electrons. The largest absolute Gasteiger partial charge is 0.449 e. The fourth-order valence-electron chi connectivity index (χ4n) is 2.89. The van der Waals surface area contributed by atoms with Gasteiger partial charge >= 0.3 is 5.97 Å². The van der Waals surface area contributed by atoms with Gasteiger partial charge in [-0.05, 0) is 44.4 Å². The number of rotatable bonds is 7. The number of sulfonamides is 1. The smallest absolute Gasteiger partial charge is 0.338 e. The quantitative estimate of drug-likeness (QED) is 0.714. The Bertz CT molecular complexity index is 755. The highest BCUT2D eigenvalue weighted by molar-refractivity contribution is 7.89. The van der Waals surface area contributed by atoms with E-state index in [1.165, 1.54) is 35.5 Å². The molecule has 1 fully saturated rings. The highest BCUT2D eigenvalue weighted by atomic mass is 32.2. The number of hydrogen-bond donors (Lipinski definition) is 1. The topological polar surface area (TPSA) is 92.8 Å². The molecular formula is C19H28N2O5S. The van der Waals surface area contributed by atoms with E-state index in [1.807, 2.05) is 6.92 Å².